The zero-order chi connectivity index (χ0) is 22.7. The Morgan fingerprint density at radius 2 is 1.13 bits per heavy atom. The number of unbranched alkanes of at least 4 members (excludes halogenated alkanes) is 5. The van der Waals surface area contributed by atoms with Crippen LogP contribution in [0.15, 0.2) is 12.2 Å². The first kappa shape index (κ1) is 28.1. The van der Waals surface area contributed by atoms with Gasteiger partial charge in [0.15, 0.2) is 0 Å². The summed E-state index contributed by atoms with van der Waals surface area (Å²) in [6, 6.07) is 0. The number of hydrogen-bond acceptors (Lipinski definition) is 4. The normalized spacial score (nSPS) is 11.8. The van der Waals surface area contributed by atoms with E-state index < -0.39 is 17.9 Å². The zero-order valence-electron chi connectivity index (χ0n) is 18.7. The second-order valence-electron chi connectivity index (χ2n) is 8.17. The molecule has 0 aliphatic heterocycles. The number of aliphatic carboxylic acids is 3. The molecule has 0 aliphatic rings. The molecule has 0 spiro atoms. The molecule has 0 bridgehead atoms. The maximum Gasteiger partial charge on any atom is 0.303 e. The van der Waals surface area contributed by atoms with Crippen molar-refractivity contribution in [2.24, 2.45) is 0 Å². The second kappa shape index (κ2) is 17.9. The number of allylic oxidation sites excluding steroid dienone is 2. The number of carboxylic acids is 3. The van der Waals surface area contributed by atoms with Crippen LogP contribution in [0.1, 0.15) is 90.4 Å². The van der Waals surface area contributed by atoms with E-state index in [-0.39, 0.29) is 19.3 Å². The van der Waals surface area contributed by atoms with Gasteiger partial charge in [0.05, 0.1) is 26.2 Å². The number of carboxylic acid groups (broad SMARTS) is 3. The SMILES string of the molecule is CCC/C=C/CCC[N+](CCCCC(=O)[O-])(CCCCC(=O)O)CCCCC(=O)O. The third-order valence-corrected chi connectivity index (χ3v) is 5.43. The smallest absolute Gasteiger partial charge is 0.303 e. The molecule has 2 N–H and O–H groups in total. The van der Waals surface area contributed by atoms with Gasteiger partial charge in [-0.25, -0.2) is 0 Å². The Labute approximate surface area is 181 Å². The highest BCUT2D eigenvalue weighted by molar-refractivity contribution is 5.66. The lowest BCUT2D eigenvalue weighted by Crippen LogP contribution is -2.51. The summed E-state index contributed by atoms with van der Waals surface area (Å²) in [4.78, 5) is 32.4. The molecule has 7 nitrogen and oxygen atoms in total. The predicted octanol–water partition coefficient (Wildman–Crippen LogP) is 3.37. The van der Waals surface area contributed by atoms with Gasteiger partial charge in [0, 0.05) is 25.2 Å². The number of quaternary nitrogens is 1. The monoisotopic (exact) mass is 427 g/mol. The minimum Gasteiger partial charge on any atom is -0.550 e. The molecule has 0 amide bonds. The molecule has 0 saturated carbocycles. The van der Waals surface area contributed by atoms with E-state index in [0.717, 1.165) is 75.6 Å². The van der Waals surface area contributed by atoms with Crippen LogP contribution < -0.4 is 5.11 Å². The van der Waals surface area contributed by atoms with Crippen LogP contribution in [0.2, 0.25) is 0 Å². The van der Waals surface area contributed by atoms with Crippen LogP contribution in [-0.2, 0) is 14.4 Å². The van der Waals surface area contributed by atoms with Crippen molar-refractivity contribution in [1.29, 1.82) is 0 Å². The molecule has 0 unspecified atom stereocenters. The Hall–Kier alpha value is -1.89. The molecule has 0 atom stereocenters. The molecule has 0 aliphatic carbocycles. The number of rotatable bonds is 21. The van der Waals surface area contributed by atoms with Gasteiger partial charge in [-0.1, -0.05) is 25.5 Å². The highest BCUT2D eigenvalue weighted by Gasteiger charge is 2.26. The van der Waals surface area contributed by atoms with E-state index in [2.05, 4.69) is 19.1 Å². The summed E-state index contributed by atoms with van der Waals surface area (Å²) < 4.78 is 0.813. The molecule has 0 heterocycles. The van der Waals surface area contributed by atoms with Crippen LogP contribution in [0, 0.1) is 0 Å². The van der Waals surface area contributed by atoms with Gasteiger partial charge in [-0.2, -0.15) is 0 Å². The lowest BCUT2D eigenvalue weighted by Gasteiger charge is -2.39. The molecule has 0 rings (SSSR count). The Morgan fingerprint density at radius 1 is 0.700 bits per heavy atom. The Kier molecular flexibility index (Phi) is 16.8. The third-order valence-electron chi connectivity index (χ3n) is 5.43. The molecule has 174 valence electrons. The topological polar surface area (TPSA) is 115 Å². The van der Waals surface area contributed by atoms with Gasteiger partial charge in [0.1, 0.15) is 0 Å². The third kappa shape index (κ3) is 17.0. The van der Waals surface area contributed by atoms with E-state index >= 15 is 0 Å². The first-order valence-electron chi connectivity index (χ1n) is 11.4. The molecule has 30 heavy (non-hydrogen) atoms. The fraction of sp³-hybridized carbons (Fsp3) is 0.783. The van der Waals surface area contributed by atoms with Gasteiger partial charge in [-0.3, -0.25) is 9.59 Å². The Bertz CT molecular complexity index is 463. The average Bonchev–Trinajstić information content (AvgIpc) is 2.68. The van der Waals surface area contributed by atoms with Crippen LogP contribution in [0.3, 0.4) is 0 Å². The first-order chi connectivity index (χ1) is 14.3. The van der Waals surface area contributed by atoms with Gasteiger partial charge in [0.2, 0.25) is 0 Å². The summed E-state index contributed by atoms with van der Waals surface area (Å²) in [6.07, 6.45) is 13.2. The Balaban J connectivity index is 4.95. The summed E-state index contributed by atoms with van der Waals surface area (Å²) in [6.45, 7) is 5.63. The van der Waals surface area contributed by atoms with Crippen molar-refractivity contribution in [3.63, 3.8) is 0 Å². The Morgan fingerprint density at radius 3 is 1.57 bits per heavy atom. The van der Waals surface area contributed by atoms with Gasteiger partial charge < -0.3 is 24.6 Å². The molecule has 0 radical (unpaired) electrons. The number of hydrogen-bond donors (Lipinski definition) is 2. The number of carbonyl (C=O) groups is 3. The largest absolute Gasteiger partial charge is 0.550 e. The van der Waals surface area contributed by atoms with Crippen LogP contribution >= 0.6 is 0 Å². The second-order valence-corrected chi connectivity index (χ2v) is 8.17. The minimum absolute atomic E-state index is 0.0534. The minimum atomic E-state index is -1.03. The van der Waals surface area contributed by atoms with Crippen LogP contribution in [0.25, 0.3) is 0 Å². The highest BCUT2D eigenvalue weighted by Crippen LogP contribution is 2.18. The van der Waals surface area contributed by atoms with Crippen molar-refractivity contribution in [1.82, 2.24) is 0 Å². The maximum absolute atomic E-state index is 10.8. The number of carbonyl (C=O) groups excluding carboxylic acids is 1. The fourth-order valence-corrected chi connectivity index (χ4v) is 3.78. The summed E-state index contributed by atoms with van der Waals surface area (Å²) in [5, 5.41) is 28.6. The fourth-order valence-electron chi connectivity index (χ4n) is 3.78. The quantitative estimate of drug-likeness (QED) is 0.165. The average molecular weight is 428 g/mol. The molecule has 0 aromatic carbocycles. The van der Waals surface area contributed by atoms with Gasteiger partial charge in [-0.15, -0.1) is 0 Å². The zero-order valence-corrected chi connectivity index (χ0v) is 18.7. The van der Waals surface area contributed by atoms with Gasteiger partial charge in [0.25, 0.3) is 0 Å². The lowest BCUT2D eigenvalue weighted by atomic mass is 10.1. The van der Waals surface area contributed by atoms with E-state index in [1.54, 1.807) is 0 Å². The molecule has 0 saturated heterocycles. The van der Waals surface area contributed by atoms with Gasteiger partial charge >= 0.3 is 11.9 Å². The van der Waals surface area contributed by atoms with Crippen molar-refractivity contribution < 1.29 is 34.2 Å². The van der Waals surface area contributed by atoms with Crippen LogP contribution in [0.4, 0.5) is 0 Å². The van der Waals surface area contributed by atoms with E-state index in [9.17, 15) is 19.5 Å². The van der Waals surface area contributed by atoms with Gasteiger partial charge in [-0.05, 0) is 57.8 Å². The van der Waals surface area contributed by atoms with E-state index in [4.69, 9.17) is 10.2 Å². The van der Waals surface area contributed by atoms with Crippen LogP contribution in [-0.4, -0.2) is 58.8 Å². The van der Waals surface area contributed by atoms with Crippen molar-refractivity contribution in [2.45, 2.75) is 90.4 Å². The summed E-state index contributed by atoms with van der Waals surface area (Å²) in [7, 11) is 0. The van der Waals surface area contributed by atoms with E-state index in [1.165, 1.54) is 0 Å². The highest BCUT2D eigenvalue weighted by atomic mass is 16.4. The lowest BCUT2D eigenvalue weighted by molar-refractivity contribution is -0.929. The summed E-state index contributed by atoms with van der Waals surface area (Å²) in [5.74, 6) is -2.61. The van der Waals surface area contributed by atoms with Crippen molar-refractivity contribution in [3.8, 4) is 0 Å². The van der Waals surface area contributed by atoms with Crippen molar-refractivity contribution in [3.05, 3.63) is 12.2 Å². The predicted molar refractivity (Wildman–Crippen MR) is 115 cm³/mol. The first-order valence-corrected chi connectivity index (χ1v) is 11.4. The molecule has 0 aromatic rings. The van der Waals surface area contributed by atoms with Crippen molar-refractivity contribution >= 4 is 17.9 Å². The van der Waals surface area contributed by atoms with E-state index in [0.29, 0.717) is 19.3 Å². The van der Waals surface area contributed by atoms with Crippen LogP contribution in [0.5, 0.6) is 0 Å². The molecular weight excluding hydrogens is 386 g/mol. The molecule has 0 fully saturated rings. The molecular formula is C23H41NO6. The molecule has 0 aromatic heterocycles. The summed E-state index contributed by atoms with van der Waals surface area (Å²) in [5.41, 5.74) is 0. The van der Waals surface area contributed by atoms with Crippen molar-refractivity contribution in [2.75, 3.05) is 26.2 Å². The maximum atomic E-state index is 10.8. The molecule has 7 heteroatoms. The number of nitrogens with zero attached hydrogens (tertiary/aromatic N) is 1. The van der Waals surface area contributed by atoms with E-state index in [1.807, 2.05) is 0 Å². The standard InChI is InChI=1S/C23H41NO6/c1-2-3-4-5-6-10-17-24(18-11-7-14-21(25)26,19-12-8-15-22(27)28)20-13-9-16-23(29)30/h4-5H,2-3,6-20H2,1H3,(H2-,25,26,27,28,29,30)/b5-4+. The summed E-state index contributed by atoms with van der Waals surface area (Å²) >= 11 is 0.